The van der Waals surface area contributed by atoms with Gasteiger partial charge in [-0.15, -0.1) is 0 Å². The van der Waals surface area contributed by atoms with Gasteiger partial charge in [0.25, 0.3) is 0 Å². The monoisotopic (exact) mass is 840 g/mol. The van der Waals surface area contributed by atoms with E-state index in [2.05, 4.69) is 140 Å². The Morgan fingerprint density at radius 2 is 1.29 bits per heavy atom. The summed E-state index contributed by atoms with van der Waals surface area (Å²) in [7, 11) is 0. The predicted molar refractivity (Wildman–Crippen MR) is 201 cm³/mol. The summed E-state index contributed by atoms with van der Waals surface area (Å²) in [6, 6.07) is 14.7. The van der Waals surface area contributed by atoms with Crippen molar-refractivity contribution >= 4 is 51.2 Å². The molecule has 0 spiro atoms. The minimum atomic E-state index is -0.847. The van der Waals surface area contributed by atoms with Gasteiger partial charge >= 0.3 is 5.97 Å². The van der Waals surface area contributed by atoms with E-state index in [0.717, 1.165) is 40.9 Å². The van der Waals surface area contributed by atoms with Gasteiger partial charge in [0.05, 0.1) is 34.4 Å². The molecule has 0 unspecified atom stereocenters. The molecule has 0 amide bonds. The largest absolute Gasteiger partial charge is 0.481 e. The molecule has 0 aliphatic rings. The molecule has 7 heteroatoms. The summed E-state index contributed by atoms with van der Waals surface area (Å²) < 4.78 is 21.4. The minimum Gasteiger partial charge on any atom is -0.481 e. The quantitative estimate of drug-likeness (QED) is 0.195. The molecular formula is C38H50I2O5. The molecule has 1 N–H and O–H groups in total. The first kappa shape index (κ1) is 37.8. The molecule has 0 aliphatic heterocycles. The molecule has 0 radical (unpaired) electrons. The van der Waals surface area contributed by atoms with Crippen molar-refractivity contribution in [1.29, 1.82) is 0 Å². The molecule has 0 atom stereocenters. The van der Waals surface area contributed by atoms with Crippen LogP contribution in [0.4, 0.5) is 0 Å². The van der Waals surface area contributed by atoms with Gasteiger partial charge in [-0.2, -0.15) is 0 Å². The third-order valence-corrected chi connectivity index (χ3v) is 9.51. The van der Waals surface area contributed by atoms with Gasteiger partial charge in [0.2, 0.25) is 0 Å². The molecule has 0 heterocycles. The van der Waals surface area contributed by atoms with Crippen LogP contribution in [0.15, 0.2) is 42.5 Å². The molecule has 3 aromatic rings. The average Bonchev–Trinajstić information content (AvgIpc) is 2.86. The van der Waals surface area contributed by atoms with Crippen LogP contribution in [0.2, 0.25) is 0 Å². The van der Waals surface area contributed by atoms with Crippen LogP contribution in [0.1, 0.15) is 108 Å². The molecule has 246 valence electrons. The van der Waals surface area contributed by atoms with E-state index in [1.54, 1.807) is 0 Å². The summed E-state index contributed by atoms with van der Waals surface area (Å²) >= 11 is 4.57. The molecule has 45 heavy (non-hydrogen) atoms. The van der Waals surface area contributed by atoms with Gasteiger partial charge in [-0.3, -0.25) is 4.79 Å². The molecule has 0 aromatic heterocycles. The fourth-order valence-electron chi connectivity index (χ4n) is 5.25. The lowest BCUT2D eigenvalue weighted by atomic mass is 9.79. The Kier molecular flexibility index (Phi) is 11.9. The second kappa shape index (κ2) is 14.2. The summed E-state index contributed by atoms with van der Waals surface area (Å²) in [6.45, 7) is 26.9. The maximum absolute atomic E-state index is 11.2. The van der Waals surface area contributed by atoms with Crippen LogP contribution in [0.5, 0.6) is 11.5 Å². The van der Waals surface area contributed by atoms with E-state index >= 15 is 0 Å². The molecule has 0 saturated heterocycles. The zero-order chi connectivity index (χ0) is 34.1. The topological polar surface area (TPSA) is 65.0 Å². The molecular weight excluding hydrogens is 790 g/mol. The van der Waals surface area contributed by atoms with Gasteiger partial charge in [-0.05, 0) is 155 Å². The van der Waals surface area contributed by atoms with Crippen molar-refractivity contribution in [1.82, 2.24) is 0 Å². The Bertz CT molecular complexity index is 1460. The van der Waals surface area contributed by atoms with Crippen LogP contribution < -0.4 is 4.74 Å². The first-order chi connectivity index (χ1) is 20.5. The van der Waals surface area contributed by atoms with Gasteiger partial charge in [-0.25, -0.2) is 0 Å². The Balaban J connectivity index is 1.75. The summed E-state index contributed by atoms with van der Waals surface area (Å²) in [4.78, 5) is 11.2. The number of hydrogen-bond donors (Lipinski definition) is 1. The van der Waals surface area contributed by atoms with Crippen molar-refractivity contribution < 1.29 is 24.1 Å². The Morgan fingerprint density at radius 1 is 0.711 bits per heavy atom. The van der Waals surface area contributed by atoms with Crippen molar-refractivity contribution in [3.05, 3.63) is 88.5 Å². The Hall–Kier alpha value is -1.69. The smallest absolute Gasteiger partial charge is 0.307 e. The van der Waals surface area contributed by atoms with E-state index < -0.39 is 17.2 Å². The number of aryl methyl sites for hydroxylation is 2. The van der Waals surface area contributed by atoms with Crippen molar-refractivity contribution in [3.8, 4) is 11.5 Å². The summed E-state index contributed by atoms with van der Waals surface area (Å²) in [5, 5.41) is 9.18. The fraction of sp³-hybridized carbons (Fsp3) is 0.500. The van der Waals surface area contributed by atoms with E-state index in [1.807, 2.05) is 31.2 Å². The van der Waals surface area contributed by atoms with Crippen LogP contribution in [-0.4, -0.2) is 23.3 Å². The normalized spacial score (nSPS) is 12.8. The molecule has 0 aliphatic carbocycles. The zero-order valence-electron chi connectivity index (χ0n) is 29.0. The van der Waals surface area contributed by atoms with Crippen molar-refractivity contribution in [2.24, 2.45) is 0 Å². The first-order valence-electron chi connectivity index (χ1n) is 15.4. The van der Waals surface area contributed by atoms with Gasteiger partial charge in [0, 0.05) is 3.57 Å². The Morgan fingerprint density at radius 3 is 1.78 bits per heavy atom. The standard InChI is InChI=1S/C38H50I2O5/c1-23-14-29(45-34-24(2)13-25(17-31(34)40)18-32(41)42)20-30(39)33(23)38(11,12)44-22-37(9,10)43-21-26-15-27(35(3,4)5)19-28(16-26)36(6,7)8/h13-17,19-20H,18,21-22H2,1-12H3,(H,41,42). The summed E-state index contributed by atoms with van der Waals surface area (Å²) in [6.07, 6.45) is -0.0116. The highest BCUT2D eigenvalue weighted by atomic mass is 127. The van der Waals surface area contributed by atoms with E-state index in [-0.39, 0.29) is 17.3 Å². The zero-order valence-corrected chi connectivity index (χ0v) is 33.3. The van der Waals surface area contributed by atoms with Crippen LogP contribution >= 0.6 is 45.2 Å². The number of benzene rings is 3. The lowest BCUT2D eigenvalue weighted by Crippen LogP contribution is -2.36. The lowest BCUT2D eigenvalue weighted by Gasteiger charge is -2.34. The number of aliphatic carboxylic acids is 1. The van der Waals surface area contributed by atoms with Crippen molar-refractivity contribution in [2.75, 3.05) is 6.61 Å². The summed E-state index contributed by atoms with van der Waals surface area (Å²) in [5.41, 5.74) is 6.72. The van der Waals surface area contributed by atoms with Gasteiger partial charge in [0.15, 0.2) is 0 Å². The maximum atomic E-state index is 11.2. The van der Waals surface area contributed by atoms with E-state index in [1.165, 1.54) is 16.7 Å². The van der Waals surface area contributed by atoms with Crippen molar-refractivity contribution in [2.45, 2.75) is 118 Å². The van der Waals surface area contributed by atoms with Crippen LogP contribution in [-0.2, 0) is 43.7 Å². The molecule has 5 nitrogen and oxygen atoms in total. The van der Waals surface area contributed by atoms with E-state index in [9.17, 15) is 9.90 Å². The number of ether oxygens (including phenoxy) is 3. The van der Waals surface area contributed by atoms with Gasteiger partial charge in [0.1, 0.15) is 11.5 Å². The number of hydrogen-bond acceptors (Lipinski definition) is 4. The van der Waals surface area contributed by atoms with E-state index in [4.69, 9.17) is 14.2 Å². The third-order valence-electron chi connectivity index (χ3n) is 7.86. The van der Waals surface area contributed by atoms with E-state index in [0.29, 0.717) is 13.2 Å². The number of carbonyl (C=O) groups is 1. The molecule has 0 saturated carbocycles. The molecule has 3 rings (SSSR count). The van der Waals surface area contributed by atoms with Gasteiger partial charge in [-0.1, -0.05) is 65.8 Å². The van der Waals surface area contributed by atoms with Crippen LogP contribution in [0, 0.1) is 21.0 Å². The molecule has 3 aromatic carbocycles. The second-order valence-electron chi connectivity index (χ2n) is 15.3. The van der Waals surface area contributed by atoms with Crippen LogP contribution in [0.3, 0.4) is 0 Å². The lowest BCUT2D eigenvalue weighted by molar-refractivity contribution is -0.136. The average molecular weight is 841 g/mol. The Labute approximate surface area is 298 Å². The first-order valence-corrected chi connectivity index (χ1v) is 17.6. The molecule has 0 fully saturated rings. The van der Waals surface area contributed by atoms with Crippen molar-refractivity contribution in [3.63, 3.8) is 0 Å². The number of carboxylic acids is 1. The highest BCUT2D eigenvalue weighted by Crippen LogP contribution is 2.38. The highest BCUT2D eigenvalue weighted by molar-refractivity contribution is 14.1. The molecule has 0 bridgehead atoms. The third kappa shape index (κ3) is 10.4. The second-order valence-corrected chi connectivity index (χ2v) is 17.6. The highest BCUT2D eigenvalue weighted by Gasteiger charge is 2.31. The number of carboxylic acid groups (broad SMARTS) is 1. The summed E-state index contributed by atoms with van der Waals surface area (Å²) in [5.74, 6) is 0.629. The van der Waals surface area contributed by atoms with Gasteiger partial charge < -0.3 is 19.3 Å². The maximum Gasteiger partial charge on any atom is 0.307 e. The predicted octanol–water partition coefficient (Wildman–Crippen LogP) is 10.8. The number of halogens is 2. The van der Waals surface area contributed by atoms with Crippen LogP contribution in [0.25, 0.3) is 0 Å². The fourth-order valence-corrected chi connectivity index (χ4v) is 7.57. The number of rotatable bonds is 11. The SMILES string of the molecule is Cc1cc(CC(=O)O)cc(I)c1Oc1cc(C)c(C(C)(C)OCC(C)(C)OCc2cc(C(C)(C)C)cc(C(C)(C)C)c2)c(I)c1. The minimum absolute atomic E-state index is 0.0116.